The number of amides is 2. The van der Waals surface area contributed by atoms with Crippen LogP contribution in [0.2, 0.25) is 0 Å². The molecule has 2 aromatic rings. The normalized spacial score (nSPS) is 11.5. The van der Waals surface area contributed by atoms with Crippen molar-refractivity contribution < 1.29 is 19.1 Å². The number of carbonyl (C=O) groups excluding carboxylic acids is 3. The molecule has 8 heteroatoms. The summed E-state index contributed by atoms with van der Waals surface area (Å²) in [5.41, 5.74) is 1.59. The Morgan fingerprint density at radius 1 is 1.13 bits per heavy atom. The van der Waals surface area contributed by atoms with Gasteiger partial charge in [-0.1, -0.05) is 26.3 Å². The van der Waals surface area contributed by atoms with Gasteiger partial charge in [0.25, 0.3) is 11.8 Å². The molecule has 2 rings (SSSR count). The number of aryl methyl sites for hydroxylation is 1. The van der Waals surface area contributed by atoms with Crippen LogP contribution >= 0.6 is 15.9 Å². The van der Waals surface area contributed by atoms with Crippen molar-refractivity contribution in [3.63, 3.8) is 0 Å². The summed E-state index contributed by atoms with van der Waals surface area (Å²) in [6, 6.07) is 9.68. The Kier molecular flexibility index (Phi) is 8.98. The van der Waals surface area contributed by atoms with Crippen molar-refractivity contribution in [3.8, 4) is 0 Å². The van der Waals surface area contributed by atoms with Crippen molar-refractivity contribution in [1.82, 2.24) is 10.3 Å². The molecule has 0 radical (unpaired) electrons. The van der Waals surface area contributed by atoms with Crippen LogP contribution in [0.3, 0.4) is 0 Å². The average molecular weight is 476 g/mol. The summed E-state index contributed by atoms with van der Waals surface area (Å²) < 4.78 is 5.24. The van der Waals surface area contributed by atoms with Gasteiger partial charge < -0.3 is 15.4 Å². The molecule has 1 aromatic heterocycles. The van der Waals surface area contributed by atoms with Crippen LogP contribution in [0.4, 0.5) is 5.69 Å². The topological polar surface area (TPSA) is 97.4 Å². The zero-order valence-corrected chi connectivity index (χ0v) is 18.9. The minimum absolute atomic E-state index is 0.0734. The smallest absolute Gasteiger partial charge is 0.339 e. The molecule has 0 aliphatic heterocycles. The van der Waals surface area contributed by atoms with Crippen LogP contribution in [-0.4, -0.2) is 34.3 Å². The highest BCUT2D eigenvalue weighted by molar-refractivity contribution is 9.09. The van der Waals surface area contributed by atoms with Crippen LogP contribution in [0.1, 0.15) is 70.0 Å². The molecule has 1 atom stereocenters. The maximum atomic E-state index is 12.8. The van der Waals surface area contributed by atoms with Crippen molar-refractivity contribution in [2.24, 2.45) is 0 Å². The largest absolute Gasteiger partial charge is 0.447 e. The number of unbranched alkanes of at least 4 members (excludes halogenated alkanes) is 1. The first-order chi connectivity index (χ1) is 14.3. The molecule has 2 N–H and O–H groups in total. The lowest BCUT2D eigenvalue weighted by Gasteiger charge is -2.12. The number of nitrogens with zero attached hydrogens (tertiary/aromatic N) is 1. The Balaban J connectivity index is 2.19. The number of pyridine rings is 1. The number of hydrogen-bond donors (Lipinski definition) is 2. The molecule has 7 nitrogen and oxygen atoms in total. The second-order valence-electron chi connectivity index (χ2n) is 6.72. The van der Waals surface area contributed by atoms with Gasteiger partial charge in [-0.3, -0.25) is 9.59 Å². The molecule has 0 saturated heterocycles. The zero-order chi connectivity index (χ0) is 22.1. The first-order valence-electron chi connectivity index (χ1n) is 9.88. The van der Waals surface area contributed by atoms with E-state index in [1.54, 1.807) is 37.3 Å². The quantitative estimate of drug-likeness (QED) is 0.317. The maximum absolute atomic E-state index is 12.8. The summed E-state index contributed by atoms with van der Waals surface area (Å²) >= 11 is 3.26. The molecule has 0 fully saturated rings. The van der Waals surface area contributed by atoms with Crippen molar-refractivity contribution in [1.29, 1.82) is 0 Å². The van der Waals surface area contributed by atoms with Crippen molar-refractivity contribution in [3.05, 3.63) is 58.9 Å². The number of carbonyl (C=O) groups is 3. The van der Waals surface area contributed by atoms with E-state index in [-0.39, 0.29) is 16.3 Å². The fraction of sp³-hybridized carbons (Fsp3) is 0.364. The van der Waals surface area contributed by atoms with Crippen LogP contribution in [0.15, 0.2) is 36.4 Å². The van der Waals surface area contributed by atoms with Crippen molar-refractivity contribution >= 4 is 39.4 Å². The van der Waals surface area contributed by atoms with Crippen LogP contribution in [-0.2, 0) is 4.74 Å². The molecule has 1 unspecified atom stereocenters. The van der Waals surface area contributed by atoms with Gasteiger partial charge in [-0.15, -0.1) is 0 Å². The molecule has 0 spiro atoms. The van der Waals surface area contributed by atoms with E-state index in [2.05, 4.69) is 31.5 Å². The molecule has 160 valence electrons. The average Bonchev–Trinajstić information content (AvgIpc) is 2.73. The fourth-order valence-corrected chi connectivity index (χ4v) is 2.74. The van der Waals surface area contributed by atoms with E-state index >= 15 is 0 Å². The van der Waals surface area contributed by atoms with Gasteiger partial charge in [0.15, 0.2) is 5.01 Å². The highest BCUT2D eigenvalue weighted by Crippen LogP contribution is 2.17. The lowest BCUT2D eigenvalue weighted by atomic mass is 10.1. The number of esters is 1. The Bertz CT molecular complexity index is 917. The lowest BCUT2D eigenvalue weighted by Crippen LogP contribution is -2.28. The Morgan fingerprint density at radius 3 is 2.60 bits per heavy atom. The summed E-state index contributed by atoms with van der Waals surface area (Å²) in [5.74, 6) is -1.37. The summed E-state index contributed by atoms with van der Waals surface area (Å²) in [6.45, 7) is 6.19. The van der Waals surface area contributed by atoms with Crippen LogP contribution in [0.5, 0.6) is 0 Å². The molecule has 30 heavy (non-hydrogen) atoms. The monoisotopic (exact) mass is 475 g/mol. The summed E-state index contributed by atoms with van der Waals surface area (Å²) in [6.07, 6.45) is 2.42. The molecule has 1 aromatic carbocycles. The number of halogens is 1. The molecular formula is C22H26BrN3O4. The zero-order valence-electron chi connectivity index (χ0n) is 17.3. The first kappa shape index (κ1) is 23.5. The standard InChI is InChI=1S/C22H26BrN3O4/c1-4-6-12-24-21(28)19-17(11-10-14(3)25-19)20(27)26-16-9-7-8-15(13-16)22(29)30-18(23)5-2/h7-11,13,18H,4-6,12H2,1-3H3,(H,24,28)(H,26,27). The van der Waals surface area contributed by atoms with Crippen LogP contribution < -0.4 is 10.6 Å². The van der Waals surface area contributed by atoms with E-state index in [1.807, 2.05) is 13.8 Å². The highest BCUT2D eigenvalue weighted by Gasteiger charge is 2.20. The Hall–Kier alpha value is -2.74. The molecule has 0 aliphatic rings. The van der Waals surface area contributed by atoms with Crippen LogP contribution in [0, 0.1) is 6.92 Å². The molecule has 0 saturated carbocycles. The molecular weight excluding hydrogens is 450 g/mol. The number of ether oxygens (including phenoxy) is 1. The minimum Gasteiger partial charge on any atom is -0.447 e. The third-order valence-corrected chi connectivity index (χ3v) is 5.06. The second-order valence-corrected chi connectivity index (χ2v) is 7.74. The van der Waals surface area contributed by atoms with Gasteiger partial charge in [0.1, 0.15) is 5.69 Å². The summed E-state index contributed by atoms with van der Waals surface area (Å²) in [5, 5.41) is 5.13. The number of rotatable bonds is 9. The minimum atomic E-state index is -0.497. The Morgan fingerprint density at radius 2 is 1.90 bits per heavy atom. The van der Waals surface area contributed by atoms with E-state index < -0.39 is 17.8 Å². The second kappa shape index (κ2) is 11.4. The predicted octanol–water partition coefficient (Wildman–Crippen LogP) is 4.46. The SMILES string of the molecule is CCCCNC(=O)c1nc(C)ccc1C(=O)Nc1cccc(C(=O)OC(Br)CC)c1. The lowest BCUT2D eigenvalue weighted by molar-refractivity contribution is 0.0464. The predicted molar refractivity (Wildman–Crippen MR) is 119 cm³/mol. The van der Waals surface area contributed by atoms with Gasteiger partial charge in [-0.25, -0.2) is 9.78 Å². The van der Waals surface area contributed by atoms with Crippen molar-refractivity contribution in [2.45, 2.75) is 45.0 Å². The number of alkyl halides is 1. The van der Waals surface area contributed by atoms with Gasteiger partial charge in [-0.05, 0) is 66.0 Å². The third kappa shape index (κ3) is 6.66. The number of anilines is 1. The van der Waals surface area contributed by atoms with Gasteiger partial charge >= 0.3 is 5.97 Å². The van der Waals surface area contributed by atoms with E-state index in [0.717, 1.165) is 12.8 Å². The van der Waals surface area contributed by atoms with Gasteiger partial charge in [0.2, 0.25) is 0 Å². The van der Waals surface area contributed by atoms with E-state index in [9.17, 15) is 14.4 Å². The summed E-state index contributed by atoms with van der Waals surface area (Å²) in [4.78, 5) is 41.8. The number of hydrogen-bond acceptors (Lipinski definition) is 5. The van der Waals surface area contributed by atoms with E-state index in [0.29, 0.717) is 29.9 Å². The number of benzene rings is 1. The highest BCUT2D eigenvalue weighted by atomic mass is 79.9. The fourth-order valence-electron chi connectivity index (χ4n) is 2.57. The van der Waals surface area contributed by atoms with Gasteiger partial charge in [0, 0.05) is 17.9 Å². The molecule has 0 aliphatic carbocycles. The molecule has 1 heterocycles. The van der Waals surface area contributed by atoms with E-state index in [4.69, 9.17) is 4.74 Å². The molecule has 0 bridgehead atoms. The van der Waals surface area contributed by atoms with Crippen molar-refractivity contribution in [2.75, 3.05) is 11.9 Å². The summed E-state index contributed by atoms with van der Waals surface area (Å²) in [7, 11) is 0. The Labute approximate surface area is 184 Å². The van der Waals surface area contributed by atoms with Gasteiger partial charge in [0.05, 0.1) is 11.1 Å². The number of nitrogens with one attached hydrogen (secondary N) is 2. The van der Waals surface area contributed by atoms with Crippen LogP contribution in [0.25, 0.3) is 0 Å². The third-order valence-electron chi connectivity index (χ3n) is 4.22. The maximum Gasteiger partial charge on any atom is 0.339 e. The van der Waals surface area contributed by atoms with Gasteiger partial charge in [-0.2, -0.15) is 0 Å². The molecule has 2 amide bonds. The first-order valence-corrected chi connectivity index (χ1v) is 10.8. The van der Waals surface area contributed by atoms with E-state index in [1.165, 1.54) is 6.07 Å². The number of aromatic nitrogens is 1.